The van der Waals surface area contributed by atoms with Gasteiger partial charge in [0.2, 0.25) is 0 Å². The Labute approximate surface area is 74.1 Å². The van der Waals surface area contributed by atoms with Crippen LogP contribution in [0.4, 0.5) is 0 Å². The lowest BCUT2D eigenvalue weighted by Gasteiger charge is -1.93. The normalized spacial score (nSPS) is 10.8. The van der Waals surface area contributed by atoms with Crippen LogP contribution in [0, 0.1) is 6.54 Å². The molecule has 0 saturated heterocycles. The first kappa shape index (κ1) is 9.01. The van der Waals surface area contributed by atoms with Crippen LogP contribution >= 0.6 is 0 Å². The first-order valence-corrected chi connectivity index (χ1v) is 4.16. The van der Waals surface area contributed by atoms with Crippen LogP contribution in [0.1, 0.15) is 12.5 Å². The Kier molecular flexibility index (Phi) is 4.17. The van der Waals surface area contributed by atoms with E-state index in [4.69, 9.17) is 0 Å². The Bertz CT molecular complexity index is 226. The Morgan fingerprint density at radius 1 is 1.25 bits per heavy atom. The summed E-state index contributed by atoms with van der Waals surface area (Å²) in [6, 6.07) is 10.3. The first-order chi connectivity index (χ1) is 5.93. The molecule has 1 aromatic rings. The molecule has 1 aromatic carbocycles. The summed E-state index contributed by atoms with van der Waals surface area (Å²) in [4.78, 5) is 0. The van der Waals surface area contributed by atoms with Crippen LogP contribution in [-0.4, -0.2) is 6.54 Å². The van der Waals surface area contributed by atoms with Crippen molar-refractivity contribution >= 4 is 6.08 Å². The van der Waals surface area contributed by atoms with Gasteiger partial charge >= 0.3 is 0 Å². The standard InChI is InChI=1S/C11H14N/c1-2-12-10-6-9-11-7-4-3-5-8-11/h2-9,12H,10H2,1H3/b9-6+. The van der Waals surface area contributed by atoms with Gasteiger partial charge in [0.05, 0.1) is 0 Å². The molecule has 1 nitrogen and oxygen atoms in total. The third kappa shape index (κ3) is 3.35. The molecule has 1 N–H and O–H groups in total. The van der Waals surface area contributed by atoms with Gasteiger partial charge in [-0.1, -0.05) is 42.5 Å². The summed E-state index contributed by atoms with van der Waals surface area (Å²) in [7, 11) is 0. The Morgan fingerprint density at radius 2 is 2.00 bits per heavy atom. The van der Waals surface area contributed by atoms with Gasteiger partial charge in [-0.2, -0.15) is 0 Å². The van der Waals surface area contributed by atoms with Crippen molar-refractivity contribution in [2.45, 2.75) is 6.92 Å². The molecule has 0 heterocycles. The minimum atomic E-state index is 0.894. The smallest absolute Gasteiger partial charge is 0.0193 e. The first-order valence-electron chi connectivity index (χ1n) is 4.16. The van der Waals surface area contributed by atoms with E-state index in [9.17, 15) is 0 Å². The van der Waals surface area contributed by atoms with E-state index >= 15 is 0 Å². The van der Waals surface area contributed by atoms with Crippen LogP contribution in [0.3, 0.4) is 0 Å². The molecule has 0 aliphatic carbocycles. The zero-order chi connectivity index (χ0) is 8.65. The van der Waals surface area contributed by atoms with Gasteiger partial charge in [0.1, 0.15) is 0 Å². The molecule has 12 heavy (non-hydrogen) atoms. The molecule has 0 aliphatic heterocycles. The van der Waals surface area contributed by atoms with E-state index in [1.165, 1.54) is 5.56 Å². The van der Waals surface area contributed by atoms with Crippen LogP contribution < -0.4 is 5.32 Å². The van der Waals surface area contributed by atoms with Gasteiger partial charge in [-0.05, 0) is 12.5 Å². The minimum absolute atomic E-state index is 0.894. The summed E-state index contributed by atoms with van der Waals surface area (Å²) in [5.74, 6) is 0. The second kappa shape index (κ2) is 5.56. The lowest BCUT2D eigenvalue weighted by atomic mass is 10.2. The molecule has 63 valence electrons. The van der Waals surface area contributed by atoms with Gasteiger partial charge < -0.3 is 5.32 Å². The third-order valence-corrected chi connectivity index (χ3v) is 1.55. The van der Waals surface area contributed by atoms with Gasteiger partial charge in [0, 0.05) is 13.1 Å². The van der Waals surface area contributed by atoms with Crippen molar-refractivity contribution in [3.05, 3.63) is 48.5 Å². The summed E-state index contributed by atoms with van der Waals surface area (Å²) in [5, 5.41) is 3.11. The molecule has 0 amide bonds. The predicted octanol–water partition coefficient (Wildman–Crippen LogP) is 2.47. The summed E-state index contributed by atoms with van der Waals surface area (Å²) >= 11 is 0. The zero-order valence-electron chi connectivity index (χ0n) is 7.33. The summed E-state index contributed by atoms with van der Waals surface area (Å²) in [6.07, 6.45) is 4.21. The van der Waals surface area contributed by atoms with Crippen LogP contribution in [0.25, 0.3) is 6.08 Å². The van der Waals surface area contributed by atoms with Crippen molar-refractivity contribution in [1.29, 1.82) is 0 Å². The zero-order valence-corrected chi connectivity index (χ0v) is 7.33. The maximum atomic E-state index is 3.11. The van der Waals surface area contributed by atoms with Crippen LogP contribution in [0.2, 0.25) is 0 Å². The van der Waals surface area contributed by atoms with E-state index in [-0.39, 0.29) is 0 Å². The molecule has 1 heteroatoms. The average molecular weight is 160 g/mol. The molecule has 0 spiro atoms. The molecule has 0 aromatic heterocycles. The Balaban J connectivity index is 2.36. The average Bonchev–Trinajstić information content (AvgIpc) is 2.14. The highest BCUT2D eigenvalue weighted by Crippen LogP contribution is 1.99. The van der Waals surface area contributed by atoms with E-state index in [2.05, 4.69) is 29.6 Å². The summed E-state index contributed by atoms with van der Waals surface area (Å²) < 4.78 is 0. The van der Waals surface area contributed by atoms with Gasteiger partial charge in [-0.3, -0.25) is 0 Å². The van der Waals surface area contributed by atoms with Crippen molar-refractivity contribution in [3.8, 4) is 0 Å². The highest BCUT2D eigenvalue weighted by Gasteiger charge is 1.81. The Morgan fingerprint density at radius 3 is 2.67 bits per heavy atom. The molecule has 0 bridgehead atoms. The molecule has 0 unspecified atom stereocenters. The molecule has 0 aliphatic rings. The van der Waals surface area contributed by atoms with Crippen molar-refractivity contribution in [2.24, 2.45) is 0 Å². The van der Waals surface area contributed by atoms with Crippen LogP contribution in [0.5, 0.6) is 0 Å². The predicted molar refractivity (Wildman–Crippen MR) is 53.5 cm³/mol. The summed E-state index contributed by atoms with van der Waals surface area (Å²) in [5.41, 5.74) is 1.25. The summed E-state index contributed by atoms with van der Waals surface area (Å²) in [6.45, 7) is 4.82. The van der Waals surface area contributed by atoms with E-state index in [0.717, 1.165) is 6.54 Å². The van der Waals surface area contributed by atoms with Gasteiger partial charge in [-0.25, -0.2) is 0 Å². The second-order valence-electron chi connectivity index (χ2n) is 2.51. The van der Waals surface area contributed by atoms with Crippen LogP contribution in [-0.2, 0) is 0 Å². The highest BCUT2D eigenvalue weighted by atomic mass is 14.8. The molecular formula is C11H14N. The third-order valence-electron chi connectivity index (χ3n) is 1.55. The minimum Gasteiger partial charge on any atom is -0.309 e. The Hall–Kier alpha value is -1.08. The largest absolute Gasteiger partial charge is 0.309 e. The van der Waals surface area contributed by atoms with E-state index < -0.39 is 0 Å². The van der Waals surface area contributed by atoms with Crippen molar-refractivity contribution in [2.75, 3.05) is 6.54 Å². The van der Waals surface area contributed by atoms with Gasteiger partial charge in [0.25, 0.3) is 0 Å². The monoisotopic (exact) mass is 160 g/mol. The molecule has 0 fully saturated rings. The lowest BCUT2D eigenvalue weighted by molar-refractivity contribution is 0.900. The van der Waals surface area contributed by atoms with Crippen molar-refractivity contribution in [3.63, 3.8) is 0 Å². The SMILES string of the molecule is C[CH]NC/C=C/c1ccccc1. The molecule has 1 radical (unpaired) electrons. The van der Waals surface area contributed by atoms with Crippen molar-refractivity contribution in [1.82, 2.24) is 5.32 Å². The van der Waals surface area contributed by atoms with Gasteiger partial charge in [0.15, 0.2) is 0 Å². The number of nitrogens with one attached hydrogen (secondary N) is 1. The maximum Gasteiger partial charge on any atom is 0.0193 e. The van der Waals surface area contributed by atoms with E-state index in [1.807, 2.05) is 31.7 Å². The highest BCUT2D eigenvalue weighted by molar-refractivity contribution is 5.48. The lowest BCUT2D eigenvalue weighted by Crippen LogP contribution is -2.06. The van der Waals surface area contributed by atoms with Gasteiger partial charge in [-0.15, -0.1) is 0 Å². The fraction of sp³-hybridized carbons (Fsp3) is 0.182. The molecule has 0 atom stereocenters. The van der Waals surface area contributed by atoms with E-state index in [0.29, 0.717) is 0 Å². The van der Waals surface area contributed by atoms with Crippen molar-refractivity contribution < 1.29 is 0 Å². The number of hydrogen-bond acceptors (Lipinski definition) is 1. The van der Waals surface area contributed by atoms with E-state index in [1.54, 1.807) is 0 Å². The number of hydrogen-bond donors (Lipinski definition) is 1. The fourth-order valence-corrected chi connectivity index (χ4v) is 0.945. The maximum absolute atomic E-state index is 3.11. The van der Waals surface area contributed by atoms with Crippen LogP contribution in [0.15, 0.2) is 36.4 Å². The number of rotatable bonds is 4. The fourth-order valence-electron chi connectivity index (χ4n) is 0.945. The molecule has 0 saturated carbocycles. The topological polar surface area (TPSA) is 12.0 Å². The second-order valence-corrected chi connectivity index (χ2v) is 2.51. The molecular weight excluding hydrogens is 146 g/mol. The number of benzene rings is 1. The molecule has 1 rings (SSSR count). The quantitative estimate of drug-likeness (QED) is 0.667.